The molecule has 0 aromatic heterocycles. The number of aryl methyl sites for hydroxylation is 1. The SMILES string of the molecule is Cc1ccc(F)cc1CNc1cc(Br)ccc1F. The Morgan fingerprint density at radius 2 is 1.89 bits per heavy atom. The molecule has 0 bridgehead atoms. The molecule has 0 radical (unpaired) electrons. The van der Waals surface area contributed by atoms with Gasteiger partial charge in [0, 0.05) is 11.0 Å². The number of hydrogen-bond donors (Lipinski definition) is 1. The van der Waals surface area contributed by atoms with Crippen LogP contribution < -0.4 is 5.32 Å². The maximum Gasteiger partial charge on any atom is 0.146 e. The van der Waals surface area contributed by atoms with E-state index in [1.807, 2.05) is 6.92 Å². The molecule has 0 fully saturated rings. The first-order valence-electron chi connectivity index (χ1n) is 5.50. The standard InChI is InChI=1S/C14H12BrF2N/c1-9-2-4-12(16)6-10(9)8-18-14-7-11(15)3-5-13(14)17/h2-7,18H,8H2,1H3. The van der Waals surface area contributed by atoms with Crippen LogP contribution in [-0.4, -0.2) is 0 Å². The van der Waals surface area contributed by atoms with E-state index in [2.05, 4.69) is 21.2 Å². The molecule has 2 aromatic carbocycles. The molecule has 2 rings (SSSR count). The van der Waals surface area contributed by atoms with Gasteiger partial charge < -0.3 is 5.32 Å². The quantitative estimate of drug-likeness (QED) is 0.870. The van der Waals surface area contributed by atoms with Gasteiger partial charge in [-0.15, -0.1) is 0 Å². The Kier molecular flexibility index (Phi) is 3.97. The van der Waals surface area contributed by atoms with E-state index in [-0.39, 0.29) is 11.6 Å². The van der Waals surface area contributed by atoms with Crippen molar-refractivity contribution < 1.29 is 8.78 Å². The first-order valence-corrected chi connectivity index (χ1v) is 6.29. The summed E-state index contributed by atoms with van der Waals surface area (Å²) in [7, 11) is 0. The van der Waals surface area contributed by atoms with Crippen molar-refractivity contribution in [1.82, 2.24) is 0 Å². The molecular weight excluding hydrogens is 300 g/mol. The highest BCUT2D eigenvalue weighted by atomic mass is 79.9. The van der Waals surface area contributed by atoms with E-state index in [0.29, 0.717) is 12.2 Å². The third-order valence-electron chi connectivity index (χ3n) is 2.71. The molecular formula is C14H12BrF2N. The molecule has 0 saturated carbocycles. The lowest BCUT2D eigenvalue weighted by atomic mass is 10.1. The van der Waals surface area contributed by atoms with Crippen molar-refractivity contribution >= 4 is 21.6 Å². The second-order valence-corrected chi connectivity index (χ2v) is 4.96. The van der Waals surface area contributed by atoms with Crippen molar-refractivity contribution in [3.8, 4) is 0 Å². The molecule has 0 unspecified atom stereocenters. The summed E-state index contributed by atoms with van der Waals surface area (Å²) in [6.45, 7) is 2.28. The molecule has 1 N–H and O–H groups in total. The van der Waals surface area contributed by atoms with Crippen molar-refractivity contribution in [1.29, 1.82) is 0 Å². The lowest BCUT2D eigenvalue weighted by Crippen LogP contribution is -2.03. The van der Waals surface area contributed by atoms with E-state index in [1.54, 1.807) is 18.2 Å². The Morgan fingerprint density at radius 3 is 2.67 bits per heavy atom. The van der Waals surface area contributed by atoms with Gasteiger partial charge in [0.2, 0.25) is 0 Å². The molecule has 4 heteroatoms. The number of halogens is 3. The summed E-state index contributed by atoms with van der Waals surface area (Å²) in [6.07, 6.45) is 0. The van der Waals surface area contributed by atoms with E-state index in [9.17, 15) is 8.78 Å². The van der Waals surface area contributed by atoms with Gasteiger partial charge in [0.15, 0.2) is 0 Å². The van der Waals surface area contributed by atoms with Crippen LogP contribution in [0.3, 0.4) is 0 Å². The normalized spacial score (nSPS) is 10.4. The summed E-state index contributed by atoms with van der Waals surface area (Å²) in [5, 5.41) is 2.97. The maximum absolute atomic E-state index is 13.5. The van der Waals surface area contributed by atoms with Gasteiger partial charge in [-0.25, -0.2) is 8.78 Å². The van der Waals surface area contributed by atoms with Crippen molar-refractivity contribution in [2.24, 2.45) is 0 Å². The van der Waals surface area contributed by atoms with Crippen LogP contribution in [0.1, 0.15) is 11.1 Å². The highest BCUT2D eigenvalue weighted by Gasteiger charge is 2.04. The molecule has 0 spiro atoms. The Hall–Kier alpha value is -1.42. The van der Waals surface area contributed by atoms with Gasteiger partial charge in [0.25, 0.3) is 0 Å². The molecule has 18 heavy (non-hydrogen) atoms. The summed E-state index contributed by atoms with van der Waals surface area (Å²) in [5.74, 6) is -0.612. The van der Waals surface area contributed by atoms with E-state index in [0.717, 1.165) is 15.6 Å². The van der Waals surface area contributed by atoms with Crippen LogP contribution in [-0.2, 0) is 6.54 Å². The number of nitrogens with one attached hydrogen (secondary N) is 1. The number of benzene rings is 2. The average molecular weight is 312 g/mol. The predicted molar refractivity (Wildman–Crippen MR) is 72.6 cm³/mol. The zero-order valence-electron chi connectivity index (χ0n) is 9.81. The molecule has 0 aliphatic heterocycles. The van der Waals surface area contributed by atoms with E-state index in [4.69, 9.17) is 0 Å². The fourth-order valence-electron chi connectivity index (χ4n) is 1.65. The van der Waals surface area contributed by atoms with Crippen molar-refractivity contribution in [3.05, 3.63) is 63.6 Å². The maximum atomic E-state index is 13.5. The lowest BCUT2D eigenvalue weighted by Gasteiger charge is -2.10. The minimum absolute atomic E-state index is 0.285. The van der Waals surface area contributed by atoms with Gasteiger partial charge in [-0.3, -0.25) is 0 Å². The first-order chi connectivity index (χ1) is 8.56. The summed E-state index contributed by atoms with van der Waals surface area (Å²) >= 11 is 3.28. The van der Waals surface area contributed by atoms with Gasteiger partial charge in [-0.05, 0) is 48.4 Å². The van der Waals surface area contributed by atoms with Crippen LogP contribution >= 0.6 is 15.9 Å². The van der Waals surface area contributed by atoms with Gasteiger partial charge in [0.05, 0.1) is 5.69 Å². The van der Waals surface area contributed by atoms with Gasteiger partial charge in [0.1, 0.15) is 11.6 Å². The third kappa shape index (κ3) is 3.07. The highest BCUT2D eigenvalue weighted by Crippen LogP contribution is 2.21. The average Bonchev–Trinajstić information content (AvgIpc) is 2.34. The monoisotopic (exact) mass is 311 g/mol. The van der Waals surface area contributed by atoms with Crippen molar-refractivity contribution in [2.45, 2.75) is 13.5 Å². The molecule has 0 amide bonds. The third-order valence-corrected chi connectivity index (χ3v) is 3.20. The van der Waals surface area contributed by atoms with Crippen LogP contribution in [0.5, 0.6) is 0 Å². The van der Waals surface area contributed by atoms with E-state index >= 15 is 0 Å². The summed E-state index contributed by atoms with van der Waals surface area (Å²) < 4.78 is 27.4. The van der Waals surface area contributed by atoms with Gasteiger partial charge in [-0.1, -0.05) is 22.0 Å². The zero-order chi connectivity index (χ0) is 13.1. The number of hydrogen-bond acceptors (Lipinski definition) is 1. The van der Waals surface area contributed by atoms with Crippen LogP contribution in [0, 0.1) is 18.6 Å². The molecule has 0 atom stereocenters. The molecule has 2 aromatic rings. The summed E-state index contributed by atoms with van der Waals surface area (Å²) in [6, 6.07) is 9.25. The second-order valence-electron chi connectivity index (χ2n) is 4.05. The summed E-state index contributed by atoms with van der Waals surface area (Å²) in [4.78, 5) is 0. The van der Waals surface area contributed by atoms with Crippen LogP contribution in [0.4, 0.5) is 14.5 Å². The van der Waals surface area contributed by atoms with Gasteiger partial charge in [-0.2, -0.15) is 0 Å². The summed E-state index contributed by atoms with van der Waals surface area (Å²) in [5.41, 5.74) is 2.18. The molecule has 0 aliphatic rings. The lowest BCUT2D eigenvalue weighted by molar-refractivity contribution is 0.624. The Labute approximate surface area is 113 Å². The first kappa shape index (κ1) is 13.0. The minimum atomic E-state index is -0.327. The van der Waals surface area contributed by atoms with Crippen molar-refractivity contribution in [2.75, 3.05) is 5.32 Å². The van der Waals surface area contributed by atoms with E-state index in [1.165, 1.54) is 18.2 Å². The van der Waals surface area contributed by atoms with Crippen LogP contribution in [0.15, 0.2) is 40.9 Å². The molecule has 0 saturated heterocycles. The Morgan fingerprint density at radius 1 is 1.11 bits per heavy atom. The fraction of sp³-hybridized carbons (Fsp3) is 0.143. The molecule has 0 aliphatic carbocycles. The fourth-order valence-corrected chi connectivity index (χ4v) is 2.01. The highest BCUT2D eigenvalue weighted by molar-refractivity contribution is 9.10. The predicted octanol–water partition coefficient (Wildman–Crippen LogP) is 4.65. The Bertz CT molecular complexity index is 518. The minimum Gasteiger partial charge on any atom is -0.379 e. The van der Waals surface area contributed by atoms with E-state index < -0.39 is 0 Å². The van der Waals surface area contributed by atoms with Crippen LogP contribution in [0.25, 0.3) is 0 Å². The zero-order valence-corrected chi connectivity index (χ0v) is 11.4. The number of rotatable bonds is 3. The Balaban J connectivity index is 2.16. The number of anilines is 1. The topological polar surface area (TPSA) is 12.0 Å². The largest absolute Gasteiger partial charge is 0.379 e. The second kappa shape index (κ2) is 5.48. The molecule has 1 nitrogen and oxygen atoms in total. The van der Waals surface area contributed by atoms with Gasteiger partial charge >= 0.3 is 0 Å². The smallest absolute Gasteiger partial charge is 0.146 e. The molecule has 0 heterocycles. The molecule has 94 valence electrons. The van der Waals surface area contributed by atoms with Crippen LogP contribution in [0.2, 0.25) is 0 Å². The van der Waals surface area contributed by atoms with Crippen molar-refractivity contribution in [3.63, 3.8) is 0 Å².